The fourth-order valence-corrected chi connectivity index (χ4v) is 2.13. The summed E-state index contributed by atoms with van der Waals surface area (Å²) in [4.78, 5) is 22.8. The summed E-state index contributed by atoms with van der Waals surface area (Å²) in [6.45, 7) is 6.75. The number of nitrogens with zero attached hydrogens (tertiary/aromatic N) is 4. The van der Waals surface area contributed by atoms with E-state index in [4.69, 9.17) is 4.74 Å². The quantitative estimate of drug-likeness (QED) is 0.449. The molecule has 0 fully saturated rings. The lowest BCUT2D eigenvalue weighted by molar-refractivity contribution is -0.386. The predicted octanol–water partition coefficient (Wildman–Crippen LogP) is 1.85. The van der Waals surface area contributed by atoms with Crippen LogP contribution in [0.4, 0.5) is 5.69 Å². The highest BCUT2D eigenvalue weighted by Gasteiger charge is 2.47. The molecule has 114 valence electrons. The molecule has 0 aliphatic carbocycles. The van der Waals surface area contributed by atoms with Crippen molar-refractivity contribution in [2.24, 2.45) is 0 Å². The lowest BCUT2D eigenvalue weighted by atomic mass is 9.87. The molecule has 1 aromatic heterocycles. The van der Waals surface area contributed by atoms with Crippen molar-refractivity contribution >= 4 is 11.7 Å². The van der Waals surface area contributed by atoms with E-state index in [1.165, 1.54) is 18.5 Å². The Labute approximate surface area is 122 Å². The highest BCUT2D eigenvalue weighted by Crippen LogP contribution is 2.35. The molecule has 0 saturated heterocycles. The SMILES string of the molecule is CCCn1nc(C)c([N+](=O)[O-])c1C(C)(C#N)C(=O)OCC. The summed E-state index contributed by atoms with van der Waals surface area (Å²) in [5.41, 5.74) is -1.92. The van der Waals surface area contributed by atoms with Crippen LogP contribution in [0.3, 0.4) is 0 Å². The van der Waals surface area contributed by atoms with E-state index in [0.717, 1.165) is 0 Å². The molecule has 0 aliphatic heterocycles. The maximum Gasteiger partial charge on any atom is 0.332 e. The Morgan fingerprint density at radius 2 is 2.19 bits per heavy atom. The molecule has 1 atom stereocenters. The number of carbonyl (C=O) groups excluding carboxylic acids is 1. The summed E-state index contributed by atoms with van der Waals surface area (Å²) >= 11 is 0. The van der Waals surface area contributed by atoms with Crippen LogP contribution in [0.1, 0.15) is 38.6 Å². The van der Waals surface area contributed by atoms with Crippen LogP contribution in [0.15, 0.2) is 0 Å². The first-order valence-electron chi connectivity index (χ1n) is 6.64. The van der Waals surface area contributed by atoms with Crippen molar-refractivity contribution in [1.29, 1.82) is 5.26 Å². The van der Waals surface area contributed by atoms with Gasteiger partial charge < -0.3 is 4.74 Å². The van der Waals surface area contributed by atoms with Crippen LogP contribution in [0.25, 0.3) is 0 Å². The van der Waals surface area contributed by atoms with Gasteiger partial charge >= 0.3 is 11.7 Å². The van der Waals surface area contributed by atoms with Gasteiger partial charge in [-0.25, -0.2) is 4.79 Å². The van der Waals surface area contributed by atoms with Crippen LogP contribution in [0.5, 0.6) is 0 Å². The van der Waals surface area contributed by atoms with Gasteiger partial charge in [-0.1, -0.05) is 6.92 Å². The van der Waals surface area contributed by atoms with Gasteiger partial charge in [-0.3, -0.25) is 14.8 Å². The van der Waals surface area contributed by atoms with E-state index in [0.29, 0.717) is 13.0 Å². The van der Waals surface area contributed by atoms with Crippen molar-refractivity contribution < 1.29 is 14.5 Å². The maximum absolute atomic E-state index is 12.1. The fourth-order valence-electron chi connectivity index (χ4n) is 2.13. The van der Waals surface area contributed by atoms with Crippen LogP contribution in [-0.2, 0) is 21.5 Å². The van der Waals surface area contributed by atoms with Gasteiger partial charge in [0.1, 0.15) is 11.4 Å². The molecule has 0 aromatic carbocycles. The third kappa shape index (κ3) is 2.86. The van der Waals surface area contributed by atoms with E-state index in [1.807, 2.05) is 13.0 Å². The van der Waals surface area contributed by atoms with E-state index in [1.54, 1.807) is 6.92 Å². The minimum Gasteiger partial charge on any atom is -0.465 e. The number of esters is 1. The average molecular weight is 294 g/mol. The molecule has 21 heavy (non-hydrogen) atoms. The highest BCUT2D eigenvalue weighted by atomic mass is 16.6. The van der Waals surface area contributed by atoms with Crippen molar-refractivity contribution in [3.8, 4) is 6.07 Å². The second-order valence-electron chi connectivity index (χ2n) is 4.72. The number of nitriles is 1. The topological polar surface area (TPSA) is 111 Å². The summed E-state index contributed by atoms with van der Waals surface area (Å²) in [5.74, 6) is -0.812. The molecule has 0 bridgehead atoms. The van der Waals surface area contributed by atoms with E-state index in [9.17, 15) is 20.2 Å². The minimum absolute atomic E-state index is 0.0206. The Hall–Kier alpha value is -2.43. The molecule has 0 amide bonds. The first-order valence-corrected chi connectivity index (χ1v) is 6.64. The Morgan fingerprint density at radius 3 is 2.62 bits per heavy atom. The van der Waals surface area contributed by atoms with Gasteiger partial charge in [0.25, 0.3) is 0 Å². The second-order valence-corrected chi connectivity index (χ2v) is 4.72. The smallest absolute Gasteiger partial charge is 0.332 e. The molecule has 8 nitrogen and oxygen atoms in total. The van der Waals surface area contributed by atoms with Gasteiger partial charge in [-0.15, -0.1) is 0 Å². The molecule has 8 heteroatoms. The van der Waals surface area contributed by atoms with Crippen LogP contribution in [0.2, 0.25) is 0 Å². The number of rotatable bonds is 6. The van der Waals surface area contributed by atoms with Crippen LogP contribution in [-0.4, -0.2) is 27.3 Å². The van der Waals surface area contributed by atoms with Gasteiger partial charge in [-0.05, 0) is 27.2 Å². The lowest BCUT2D eigenvalue weighted by Gasteiger charge is -2.20. The van der Waals surface area contributed by atoms with Gasteiger partial charge in [0.05, 0.1) is 17.6 Å². The molecule has 1 aromatic rings. The summed E-state index contributed by atoms with van der Waals surface area (Å²) in [7, 11) is 0. The molecule has 0 aliphatic rings. The monoisotopic (exact) mass is 294 g/mol. The standard InChI is InChI=1S/C13H18N4O4/c1-5-7-16-11(10(17(19)20)9(3)15-16)13(4,8-14)12(18)21-6-2/h5-7H2,1-4H3. The van der Waals surface area contributed by atoms with Crippen LogP contribution in [0, 0.1) is 28.4 Å². The minimum atomic E-state index is -1.77. The van der Waals surface area contributed by atoms with Crippen molar-refractivity contribution in [2.75, 3.05) is 6.61 Å². The number of aryl methyl sites for hydroxylation is 2. The second kappa shape index (κ2) is 6.35. The number of nitro groups is 1. The van der Waals surface area contributed by atoms with Crippen LogP contribution < -0.4 is 0 Å². The van der Waals surface area contributed by atoms with Crippen molar-refractivity contribution in [2.45, 2.75) is 46.1 Å². The lowest BCUT2D eigenvalue weighted by Crippen LogP contribution is -2.36. The van der Waals surface area contributed by atoms with E-state index < -0.39 is 16.3 Å². The van der Waals surface area contributed by atoms with E-state index in [2.05, 4.69) is 5.10 Å². The van der Waals surface area contributed by atoms with E-state index >= 15 is 0 Å². The number of carbonyl (C=O) groups is 1. The van der Waals surface area contributed by atoms with Crippen molar-refractivity contribution in [3.05, 3.63) is 21.5 Å². The maximum atomic E-state index is 12.1. The fraction of sp³-hybridized carbons (Fsp3) is 0.615. The van der Waals surface area contributed by atoms with Gasteiger partial charge in [0.15, 0.2) is 5.41 Å². The number of hydrogen-bond donors (Lipinski definition) is 0. The summed E-state index contributed by atoms with van der Waals surface area (Å²) < 4.78 is 6.26. The molecule has 0 saturated carbocycles. The van der Waals surface area contributed by atoms with Gasteiger partial charge in [0.2, 0.25) is 0 Å². The molecule has 0 radical (unpaired) electrons. The predicted molar refractivity (Wildman–Crippen MR) is 73.5 cm³/mol. The molecule has 1 rings (SSSR count). The van der Waals surface area contributed by atoms with Crippen LogP contribution >= 0.6 is 0 Å². The van der Waals surface area contributed by atoms with E-state index in [-0.39, 0.29) is 23.7 Å². The number of hydrogen-bond acceptors (Lipinski definition) is 6. The number of ether oxygens (including phenoxy) is 1. The van der Waals surface area contributed by atoms with Crippen molar-refractivity contribution in [3.63, 3.8) is 0 Å². The summed E-state index contributed by atoms with van der Waals surface area (Å²) in [6.07, 6.45) is 0.662. The average Bonchev–Trinajstić information content (AvgIpc) is 2.75. The molecule has 0 spiro atoms. The zero-order valence-corrected chi connectivity index (χ0v) is 12.5. The summed E-state index contributed by atoms with van der Waals surface area (Å²) in [6, 6.07) is 1.85. The third-order valence-corrected chi connectivity index (χ3v) is 3.09. The van der Waals surface area contributed by atoms with Gasteiger partial charge in [-0.2, -0.15) is 10.4 Å². The Kier molecular flexibility index (Phi) is 5.02. The van der Waals surface area contributed by atoms with Gasteiger partial charge in [0, 0.05) is 6.54 Å². The number of aromatic nitrogens is 2. The zero-order valence-electron chi connectivity index (χ0n) is 12.5. The molecular formula is C13H18N4O4. The normalized spacial score (nSPS) is 13.3. The molecular weight excluding hydrogens is 276 g/mol. The first kappa shape index (κ1) is 16.6. The Morgan fingerprint density at radius 1 is 1.57 bits per heavy atom. The Bertz CT molecular complexity index is 602. The zero-order chi connectivity index (χ0) is 16.2. The third-order valence-electron chi connectivity index (χ3n) is 3.09. The molecule has 1 heterocycles. The molecule has 0 N–H and O–H groups in total. The largest absolute Gasteiger partial charge is 0.465 e. The first-order chi connectivity index (χ1) is 9.83. The summed E-state index contributed by atoms with van der Waals surface area (Å²) in [5, 5.41) is 24.8. The van der Waals surface area contributed by atoms with Crippen molar-refractivity contribution in [1.82, 2.24) is 9.78 Å². The Balaban J connectivity index is 3.61. The molecule has 1 unspecified atom stereocenters. The highest BCUT2D eigenvalue weighted by molar-refractivity contribution is 5.87.